The number of carbonyl (C=O) groups is 1. The Labute approximate surface area is 107 Å². The van der Waals surface area contributed by atoms with Gasteiger partial charge < -0.3 is 10.5 Å². The van der Waals surface area contributed by atoms with Crippen LogP contribution in [0, 0.1) is 0 Å². The summed E-state index contributed by atoms with van der Waals surface area (Å²) >= 11 is 0. The molecular formula is C10H15F3N4O2. The van der Waals surface area contributed by atoms with Gasteiger partial charge in [0.25, 0.3) is 0 Å². The minimum absolute atomic E-state index is 0.0292. The van der Waals surface area contributed by atoms with Crippen molar-refractivity contribution in [2.24, 2.45) is 0 Å². The summed E-state index contributed by atoms with van der Waals surface area (Å²) in [7, 11) is 0. The van der Waals surface area contributed by atoms with Gasteiger partial charge >= 0.3 is 12.3 Å². The predicted octanol–water partition coefficient (Wildman–Crippen LogP) is 2.37. The van der Waals surface area contributed by atoms with Crippen LogP contribution in [0.15, 0.2) is 6.20 Å². The van der Waals surface area contributed by atoms with Crippen LogP contribution in [0.1, 0.15) is 20.8 Å². The molecule has 1 amide bonds. The molecule has 1 rings (SSSR count). The molecule has 0 aliphatic rings. The van der Waals surface area contributed by atoms with Crippen LogP contribution in [-0.2, 0) is 11.3 Å². The summed E-state index contributed by atoms with van der Waals surface area (Å²) in [4.78, 5) is 11.4. The van der Waals surface area contributed by atoms with Crippen LogP contribution in [0.25, 0.3) is 0 Å². The molecule has 19 heavy (non-hydrogen) atoms. The van der Waals surface area contributed by atoms with E-state index in [1.807, 2.05) is 0 Å². The maximum atomic E-state index is 12.2. The zero-order valence-corrected chi connectivity index (χ0v) is 10.7. The van der Waals surface area contributed by atoms with Crippen molar-refractivity contribution in [1.82, 2.24) is 9.78 Å². The summed E-state index contributed by atoms with van der Waals surface area (Å²) in [6.45, 7) is 3.68. The van der Waals surface area contributed by atoms with E-state index in [1.165, 1.54) is 0 Å². The lowest BCUT2D eigenvalue weighted by molar-refractivity contribution is -0.142. The minimum atomic E-state index is -4.42. The Bertz CT molecular complexity index is 462. The summed E-state index contributed by atoms with van der Waals surface area (Å²) in [5.41, 5.74) is 4.65. The van der Waals surface area contributed by atoms with Gasteiger partial charge in [0.2, 0.25) is 0 Å². The average Bonchev–Trinajstić information content (AvgIpc) is 2.39. The molecule has 0 atom stereocenters. The first kappa shape index (κ1) is 15.1. The second-order valence-corrected chi connectivity index (χ2v) is 4.87. The molecule has 3 N–H and O–H groups in total. The van der Waals surface area contributed by atoms with E-state index in [9.17, 15) is 18.0 Å². The fraction of sp³-hybridized carbons (Fsp3) is 0.600. The van der Waals surface area contributed by atoms with Crippen molar-refractivity contribution in [1.29, 1.82) is 0 Å². The number of hydrogen-bond acceptors (Lipinski definition) is 4. The van der Waals surface area contributed by atoms with Crippen molar-refractivity contribution in [3.8, 4) is 0 Å². The van der Waals surface area contributed by atoms with Gasteiger partial charge in [-0.3, -0.25) is 10.00 Å². The van der Waals surface area contributed by atoms with Crippen LogP contribution in [0.3, 0.4) is 0 Å². The molecule has 9 heteroatoms. The lowest BCUT2D eigenvalue weighted by Gasteiger charge is -2.19. The Morgan fingerprint density at radius 1 is 1.47 bits per heavy atom. The number of carbonyl (C=O) groups excluding carboxylic acids is 1. The van der Waals surface area contributed by atoms with Crippen molar-refractivity contribution in [3.63, 3.8) is 0 Å². The summed E-state index contributed by atoms with van der Waals surface area (Å²) in [5.74, 6) is -0.213. The van der Waals surface area contributed by atoms with Crippen molar-refractivity contribution in [3.05, 3.63) is 6.20 Å². The molecule has 1 heterocycles. The number of alkyl halides is 3. The van der Waals surface area contributed by atoms with Gasteiger partial charge in [-0.1, -0.05) is 0 Å². The van der Waals surface area contributed by atoms with Crippen LogP contribution in [0.5, 0.6) is 0 Å². The standard InChI is InChI=1S/C10H15F3N4O2/c1-9(2,3)19-8(18)15-6-4-17(16-7(6)14)5-10(11,12)13/h4H,5H2,1-3H3,(H2,14,16)(H,15,18). The molecule has 0 aliphatic carbocycles. The molecule has 0 spiro atoms. The predicted molar refractivity (Wildman–Crippen MR) is 62.6 cm³/mol. The molecular weight excluding hydrogens is 265 g/mol. The number of hydrogen-bond donors (Lipinski definition) is 2. The zero-order valence-electron chi connectivity index (χ0n) is 10.7. The smallest absolute Gasteiger partial charge is 0.412 e. The maximum absolute atomic E-state index is 12.2. The highest BCUT2D eigenvalue weighted by Gasteiger charge is 2.29. The van der Waals surface area contributed by atoms with Crippen molar-refractivity contribution in [2.75, 3.05) is 11.1 Å². The number of nitrogen functional groups attached to an aromatic ring is 1. The highest BCUT2D eigenvalue weighted by atomic mass is 19.4. The molecule has 0 saturated carbocycles. The number of aromatic nitrogens is 2. The quantitative estimate of drug-likeness (QED) is 0.871. The lowest BCUT2D eigenvalue weighted by Crippen LogP contribution is -2.27. The van der Waals surface area contributed by atoms with Gasteiger partial charge in [0.05, 0.1) is 6.20 Å². The van der Waals surface area contributed by atoms with Gasteiger partial charge in [-0.05, 0) is 20.8 Å². The molecule has 6 nitrogen and oxygen atoms in total. The minimum Gasteiger partial charge on any atom is -0.444 e. The second-order valence-electron chi connectivity index (χ2n) is 4.87. The summed E-state index contributed by atoms with van der Waals surface area (Å²) < 4.78 is 42.0. The first-order chi connectivity index (χ1) is 8.46. The van der Waals surface area contributed by atoms with Gasteiger partial charge in [-0.2, -0.15) is 18.3 Å². The van der Waals surface area contributed by atoms with Crippen molar-refractivity contribution < 1.29 is 22.7 Å². The van der Waals surface area contributed by atoms with Gasteiger partial charge in [0.15, 0.2) is 5.82 Å². The number of nitrogens with one attached hydrogen (secondary N) is 1. The Kier molecular flexibility index (Phi) is 3.97. The van der Waals surface area contributed by atoms with E-state index in [0.717, 1.165) is 6.20 Å². The lowest BCUT2D eigenvalue weighted by atomic mass is 10.2. The van der Waals surface area contributed by atoms with E-state index in [-0.39, 0.29) is 11.5 Å². The second kappa shape index (κ2) is 4.98. The molecule has 0 unspecified atom stereocenters. The van der Waals surface area contributed by atoms with Crippen molar-refractivity contribution >= 4 is 17.6 Å². The third-order valence-electron chi connectivity index (χ3n) is 1.77. The fourth-order valence-electron chi connectivity index (χ4n) is 1.21. The van der Waals surface area contributed by atoms with Crippen molar-refractivity contribution in [2.45, 2.75) is 39.1 Å². The molecule has 0 radical (unpaired) electrons. The normalized spacial score (nSPS) is 12.3. The summed E-state index contributed by atoms with van der Waals surface area (Å²) in [5, 5.41) is 5.69. The first-order valence-electron chi connectivity index (χ1n) is 5.36. The molecule has 0 fully saturated rings. The Balaban J connectivity index is 2.72. The number of nitrogens with two attached hydrogens (primary N) is 1. The summed E-state index contributed by atoms with van der Waals surface area (Å²) in [6.07, 6.45) is -4.24. The topological polar surface area (TPSA) is 82.2 Å². The van der Waals surface area contributed by atoms with Gasteiger partial charge in [-0.15, -0.1) is 0 Å². The molecule has 0 aromatic carbocycles. The van der Waals surface area contributed by atoms with Gasteiger partial charge in [0.1, 0.15) is 17.8 Å². The average molecular weight is 280 g/mol. The highest BCUT2D eigenvalue weighted by molar-refractivity contribution is 5.87. The van der Waals surface area contributed by atoms with E-state index in [1.54, 1.807) is 20.8 Å². The molecule has 0 bridgehead atoms. The molecule has 0 saturated heterocycles. The van der Waals surface area contributed by atoms with E-state index in [0.29, 0.717) is 4.68 Å². The SMILES string of the molecule is CC(C)(C)OC(=O)Nc1cn(CC(F)(F)F)nc1N. The van der Waals surface area contributed by atoms with Crippen LogP contribution in [0.2, 0.25) is 0 Å². The Hall–Kier alpha value is -1.93. The fourth-order valence-corrected chi connectivity index (χ4v) is 1.21. The summed E-state index contributed by atoms with van der Waals surface area (Å²) in [6, 6.07) is 0. The Morgan fingerprint density at radius 2 is 2.05 bits per heavy atom. The maximum Gasteiger partial charge on any atom is 0.412 e. The number of anilines is 2. The number of nitrogens with zero attached hydrogens (tertiary/aromatic N) is 2. The molecule has 1 aromatic heterocycles. The van der Waals surface area contributed by atoms with E-state index in [4.69, 9.17) is 10.5 Å². The first-order valence-corrected chi connectivity index (χ1v) is 5.36. The van der Waals surface area contributed by atoms with Crippen LogP contribution < -0.4 is 11.1 Å². The van der Waals surface area contributed by atoms with Gasteiger partial charge in [0, 0.05) is 0 Å². The van der Waals surface area contributed by atoms with Crippen LogP contribution in [-0.4, -0.2) is 27.7 Å². The monoisotopic (exact) mass is 280 g/mol. The number of ether oxygens (including phenoxy) is 1. The zero-order chi connectivity index (χ0) is 14.8. The third-order valence-corrected chi connectivity index (χ3v) is 1.77. The van der Waals surface area contributed by atoms with Gasteiger partial charge in [-0.25, -0.2) is 4.79 Å². The van der Waals surface area contributed by atoms with E-state index >= 15 is 0 Å². The molecule has 0 aliphatic heterocycles. The Morgan fingerprint density at radius 3 is 2.53 bits per heavy atom. The number of halogens is 3. The molecule has 1 aromatic rings. The largest absolute Gasteiger partial charge is 0.444 e. The number of rotatable bonds is 2. The molecule has 108 valence electrons. The van der Waals surface area contributed by atoms with Crippen LogP contribution in [0.4, 0.5) is 29.5 Å². The van der Waals surface area contributed by atoms with E-state index in [2.05, 4.69) is 10.4 Å². The number of amides is 1. The third kappa shape index (κ3) is 5.49. The highest BCUT2D eigenvalue weighted by Crippen LogP contribution is 2.22. The van der Waals surface area contributed by atoms with E-state index < -0.39 is 24.4 Å². The van der Waals surface area contributed by atoms with Crippen LogP contribution >= 0.6 is 0 Å².